The van der Waals surface area contributed by atoms with Crippen molar-refractivity contribution in [1.29, 1.82) is 0 Å². The van der Waals surface area contributed by atoms with Crippen molar-refractivity contribution < 1.29 is 9.90 Å². The number of benzene rings is 2. The third-order valence-corrected chi connectivity index (χ3v) is 8.31. The second-order valence-electron chi connectivity index (χ2n) is 7.15. The van der Waals surface area contributed by atoms with Crippen molar-refractivity contribution >= 4 is 38.8 Å². The molecule has 0 radical (unpaired) electrons. The number of phenolic OH excluding ortho intramolecular Hbond substituents is 1. The molecular weight excluding hydrogens is 420 g/mol. The van der Waals surface area contributed by atoms with Crippen molar-refractivity contribution in [3.63, 3.8) is 0 Å². The number of rotatable bonds is 4. The van der Waals surface area contributed by atoms with Crippen molar-refractivity contribution in [2.45, 2.75) is 13.5 Å². The molecule has 0 saturated carbocycles. The average Bonchev–Trinajstić information content (AvgIpc) is 3.12. The first-order chi connectivity index (χ1) is 14.0. The lowest BCUT2D eigenvalue weighted by Crippen LogP contribution is -2.47. The second kappa shape index (κ2) is 8.75. The van der Waals surface area contributed by atoms with Gasteiger partial charge in [-0.25, -0.2) is 0 Å². The van der Waals surface area contributed by atoms with E-state index >= 15 is 0 Å². The van der Waals surface area contributed by atoms with Gasteiger partial charge in [0.2, 0.25) is 5.91 Å². The Labute approximate surface area is 183 Å². The maximum atomic E-state index is 11.5. The smallest absolute Gasteiger partial charge is 0.219 e. The molecule has 4 nitrogen and oxygen atoms in total. The molecule has 1 fully saturated rings. The van der Waals surface area contributed by atoms with E-state index in [1.807, 2.05) is 29.2 Å². The van der Waals surface area contributed by atoms with E-state index in [2.05, 4.69) is 23.1 Å². The van der Waals surface area contributed by atoms with Crippen LogP contribution in [0.3, 0.4) is 0 Å². The van der Waals surface area contributed by atoms with Crippen LogP contribution in [0.25, 0.3) is 21.6 Å². The Hall–Kier alpha value is -2.06. The number of hydrogen-bond donors (Lipinski definition) is 1. The summed E-state index contributed by atoms with van der Waals surface area (Å²) in [6, 6.07) is 16.1. The number of carbonyl (C=O) groups excluding carboxylic acids is 1. The molecule has 4 rings (SSSR count). The van der Waals surface area contributed by atoms with Gasteiger partial charge in [-0.15, -0.1) is 0 Å². The molecule has 0 unspecified atom stereocenters. The molecule has 3 aromatic rings. The van der Waals surface area contributed by atoms with Crippen LogP contribution in [0.2, 0.25) is 0 Å². The largest absolute Gasteiger partial charge is 0.508 e. The Balaban J connectivity index is 1.61. The first-order valence-electron chi connectivity index (χ1n) is 9.51. The summed E-state index contributed by atoms with van der Waals surface area (Å²) < 4.78 is 0.876. The summed E-state index contributed by atoms with van der Waals surface area (Å²) in [6.45, 7) is 5.36. The van der Waals surface area contributed by atoms with Crippen LogP contribution in [0.5, 0.6) is 5.75 Å². The lowest BCUT2D eigenvalue weighted by atomic mass is 10.0. The van der Waals surface area contributed by atoms with E-state index in [9.17, 15) is 9.90 Å². The highest BCUT2D eigenvalue weighted by Gasteiger charge is 2.20. The monoisotopic (exact) mass is 442 g/mol. The molecule has 1 saturated heterocycles. The van der Waals surface area contributed by atoms with Crippen LogP contribution in [-0.4, -0.2) is 47.0 Å². The highest BCUT2D eigenvalue weighted by Crippen LogP contribution is 2.42. The zero-order chi connectivity index (χ0) is 20.4. The second-order valence-corrected chi connectivity index (χ2v) is 9.97. The molecule has 0 bridgehead atoms. The number of carbonyl (C=O) groups is 1. The number of amides is 1. The van der Waals surface area contributed by atoms with Gasteiger partial charge >= 0.3 is 0 Å². The number of phenols is 1. The average molecular weight is 443 g/mol. The van der Waals surface area contributed by atoms with Crippen molar-refractivity contribution in [2.24, 2.45) is 0 Å². The van der Waals surface area contributed by atoms with Gasteiger partial charge in [-0.1, -0.05) is 69.3 Å². The molecule has 1 aliphatic heterocycles. The fourth-order valence-corrected chi connectivity index (χ4v) is 6.53. The lowest BCUT2D eigenvalue weighted by molar-refractivity contribution is -0.130. The minimum Gasteiger partial charge on any atom is -0.508 e. The van der Waals surface area contributed by atoms with Crippen LogP contribution in [0.1, 0.15) is 12.5 Å². The molecule has 150 valence electrons. The van der Waals surface area contributed by atoms with E-state index in [-0.39, 0.29) is 5.91 Å². The summed E-state index contributed by atoms with van der Waals surface area (Å²) in [4.78, 5) is 16.9. The minimum absolute atomic E-state index is 0.125. The van der Waals surface area contributed by atoms with E-state index in [1.165, 1.54) is 4.88 Å². The number of hydrogen-bond acceptors (Lipinski definition) is 6. The quantitative estimate of drug-likeness (QED) is 0.443. The highest BCUT2D eigenvalue weighted by atomic mass is 32.9. The van der Waals surface area contributed by atoms with Gasteiger partial charge < -0.3 is 10.0 Å². The molecule has 29 heavy (non-hydrogen) atoms. The third-order valence-electron chi connectivity index (χ3n) is 5.25. The fraction of sp³-hybridized carbons (Fsp3) is 0.273. The van der Waals surface area contributed by atoms with Crippen molar-refractivity contribution in [3.8, 4) is 27.3 Å². The number of nitrogens with zero attached hydrogens (tertiary/aromatic N) is 2. The van der Waals surface area contributed by atoms with Gasteiger partial charge in [0, 0.05) is 50.8 Å². The molecule has 2 heterocycles. The Morgan fingerprint density at radius 2 is 1.76 bits per heavy atom. The number of aromatic hydroxyl groups is 1. The first kappa shape index (κ1) is 20.2. The standard InChI is InChI=1S/C22H22N2O2S3/c1-15(25)24-11-9-23(10-12-24)14-18-13-17(7-8-19(18)26)20-21(28-29-22(20)27)16-5-3-2-4-6-16/h2-8,13,26H,9-12,14H2,1H3. The molecule has 2 aromatic carbocycles. The van der Waals surface area contributed by atoms with Crippen LogP contribution in [0.4, 0.5) is 0 Å². The first-order valence-corrected chi connectivity index (χ1v) is 12.1. The Kier molecular flexibility index (Phi) is 6.10. The molecule has 1 aromatic heterocycles. The fourth-order valence-electron chi connectivity index (χ4n) is 3.62. The summed E-state index contributed by atoms with van der Waals surface area (Å²) in [6.07, 6.45) is 0. The number of piperazine rings is 1. The van der Waals surface area contributed by atoms with Gasteiger partial charge in [0.1, 0.15) is 9.57 Å². The predicted molar refractivity (Wildman–Crippen MR) is 123 cm³/mol. The Morgan fingerprint density at radius 1 is 1.03 bits per heavy atom. The van der Waals surface area contributed by atoms with E-state index < -0.39 is 0 Å². The van der Waals surface area contributed by atoms with Crippen molar-refractivity contribution in [1.82, 2.24) is 9.80 Å². The molecule has 0 spiro atoms. The van der Waals surface area contributed by atoms with Gasteiger partial charge in [0.05, 0.1) is 4.88 Å². The molecule has 0 atom stereocenters. The van der Waals surface area contributed by atoms with E-state index in [4.69, 9.17) is 12.2 Å². The highest BCUT2D eigenvalue weighted by molar-refractivity contribution is 7.80. The van der Waals surface area contributed by atoms with Crippen molar-refractivity contribution in [3.05, 3.63) is 57.9 Å². The van der Waals surface area contributed by atoms with Crippen LogP contribution in [0.15, 0.2) is 48.5 Å². The normalized spacial score (nSPS) is 14.9. The SMILES string of the molecule is CC(=O)N1CCN(Cc2cc(-c3c(-c4ccccc4)ssc3=S)ccc2O)CC1. The zero-order valence-corrected chi connectivity index (χ0v) is 18.6. The third kappa shape index (κ3) is 4.43. The summed E-state index contributed by atoms with van der Waals surface area (Å²) in [5.41, 5.74) is 4.17. The summed E-state index contributed by atoms with van der Waals surface area (Å²) in [7, 11) is 3.32. The Morgan fingerprint density at radius 3 is 2.45 bits per heavy atom. The molecular formula is C22H22N2O2S3. The molecule has 1 aliphatic rings. The van der Waals surface area contributed by atoms with Crippen LogP contribution in [-0.2, 0) is 11.3 Å². The van der Waals surface area contributed by atoms with Gasteiger partial charge in [-0.3, -0.25) is 9.69 Å². The lowest BCUT2D eigenvalue weighted by Gasteiger charge is -2.34. The predicted octanol–water partition coefficient (Wildman–Crippen LogP) is 5.24. The van der Waals surface area contributed by atoms with Crippen molar-refractivity contribution in [2.75, 3.05) is 26.2 Å². The molecule has 7 heteroatoms. The molecule has 1 amide bonds. The van der Waals surface area contributed by atoms with Crippen LogP contribution in [0, 0.1) is 3.82 Å². The minimum atomic E-state index is 0.125. The Bertz CT molecular complexity index is 1070. The van der Waals surface area contributed by atoms with Crippen LogP contribution < -0.4 is 0 Å². The maximum absolute atomic E-state index is 11.5. The summed E-state index contributed by atoms with van der Waals surface area (Å²) >= 11 is 5.65. The topological polar surface area (TPSA) is 43.8 Å². The van der Waals surface area contributed by atoms with E-state index in [1.54, 1.807) is 33.7 Å². The van der Waals surface area contributed by atoms with Gasteiger partial charge in [0.15, 0.2) is 0 Å². The van der Waals surface area contributed by atoms with Gasteiger partial charge in [0.25, 0.3) is 0 Å². The van der Waals surface area contributed by atoms with Crippen LogP contribution >= 0.6 is 32.9 Å². The van der Waals surface area contributed by atoms with Gasteiger partial charge in [-0.2, -0.15) is 0 Å². The van der Waals surface area contributed by atoms with Gasteiger partial charge in [-0.05, 0) is 23.3 Å². The summed E-state index contributed by atoms with van der Waals surface area (Å²) in [5, 5.41) is 10.4. The zero-order valence-electron chi connectivity index (χ0n) is 16.1. The maximum Gasteiger partial charge on any atom is 0.219 e. The summed E-state index contributed by atoms with van der Waals surface area (Å²) in [5.74, 6) is 0.424. The van der Waals surface area contributed by atoms with E-state index in [0.29, 0.717) is 12.3 Å². The van der Waals surface area contributed by atoms with E-state index in [0.717, 1.165) is 52.3 Å². The molecule has 1 N–H and O–H groups in total. The molecule has 0 aliphatic carbocycles.